The summed E-state index contributed by atoms with van der Waals surface area (Å²) < 4.78 is 5.35. The summed E-state index contributed by atoms with van der Waals surface area (Å²) in [6.07, 6.45) is 3.72. The third-order valence-corrected chi connectivity index (χ3v) is 2.54. The van der Waals surface area contributed by atoms with Gasteiger partial charge in [0.2, 0.25) is 5.56 Å². The molecule has 0 bridgehead atoms. The second kappa shape index (κ2) is 8.72. The molecule has 0 saturated heterocycles. The molecule has 1 aromatic heterocycles. The number of hydrogen-bond donors (Lipinski definition) is 2. The molecule has 0 unspecified atom stereocenters. The molecule has 1 amide bonds. The fourth-order valence-electron chi connectivity index (χ4n) is 1.52. The van der Waals surface area contributed by atoms with Crippen LogP contribution in [0.25, 0.3) is 6.08 Å². The van der Waals surface area contributed by atoms with Crippen LogP contribution in [0.1, 0.15) is 25.8 Å². The van der Waals surface area contributed by atoms with Crippen molar-refractivity contribution in [3.05, 3.63) is 39.8 Å². The van der Waals surface area contributed by atoms with E-state index in [-0.39, 0.29) is 17.2 Å². The van der Waals surface area contributed by atoms with E-state index in [1.165, 1.54) is 18.3 Å². The van der Waals surface area contributed by atoms with Crippen LogP contribution in [0.4, 0.5) is 0 Å². The quantitative estimate of drug-likeness (QED) is 0.448. The lowest BCUT2D eigenvalue weighted by Gasteiger charge is -2.07. The average Bonchev–Trinajstić information content (AvgIpc) is 2.45. The number of hydrogen-bond acceptors (Lipinski definition) is 4. The first-order valence-electron chi connectivity index (χ1n) is 6.73. The predicted molar refractivity (Wildman–Crippen MR) is 79.4 cm³/mol. The number of aromatic nitrogens is 1. The molecular weight excluding hydrogens is 270 g/mol. The van der Waals surface area contributed by atoms with E-state index in [1.54, 1.807) is 6.07 Å². The van der Waals surface area contributed by atoms with Crippen LogP contribution >= 0.6 is 0 Å². The van der Waals surface area contributed by atoms with E-state index in [0.717, 1.165) is 0 Å². The molecule has 1 rings (SSSR count). The summed E-state index contributed by atoms with van der Waals surface area (Å²) in [5, 5.41) is 11.7. The number of aromatic amines is 1. The van der Waals surface area contributed by atoms with E-state index in [2.05, 4.69) is 10.3 Å². The summed E-state index contributed by atoms with van der Waals surface area (Å²) in [7, 11) is 0. The maximum absolute atomic E-state index is 11.8. The molecular formula is C15H19N3O3. The van der Waals surface area contributed by atoms with Crippen LogP contribution in [-0.2, 0) is 9.53 Å². The average molecular weight is 289 g/mol. The Hall–Kier alpha value is -2.39. The van der Waals surface area contributed by atoms with E-state index in [0.29, 0.717) is 25.1 Å². The molecule has 2 N–H and O–H groups in total. The van der Waals surface area contributed by atoms with Crippen LogP contribution in [0.5, 0.6) is 0 Å². The van der Waals surface area contributed by atoms with Crippen molar-refractivity contribution in [1.29, 1.82) is 5.26 Å². The number of rotatable bonds is 7. The van der Waals surface area contributed by atoms with Crippen molar-refractivity contribution in [1.82, 2.24) is 10.3 Å². The van der Waals surface area contributed by atoms with Gasteiger partial charge in [0, 0.05) is 25.4 Å². The molecule has 6 nitrogen and oxygen atoms in total. The Labute approximate surface area is 123 Å². The van der Waals surface area contributed by atoms with Gasteiger partial charge in [-0.2, -0.15) is 5.26 Å². The number of nitrogens with zero attached hydrogens (tertiary/aromatic N) is 1. The SMILES string of the molecule is CC(C)OCCCNC(=O)/C(C#N)=C\c1ccc(=O)[nH]c1. The minimum absolute atomic E-state index is 0.00757. The number of pyridine rings is 1. The largest absolute Gasteiger partial charge is 0.379 e. The van der Waals surface area contributed by atoms with Crippen LogP contribution in [0.2, 0.25) is 0 Å². The standard InChI is InChI=1S/C15H19N3O3/c1-11(2)21-7-3-6-17-15(20)13(9-16)8-12-4-5-14(19)18-10-12/h4-5,8,10-11H,3,6-7H2,1-2H3,(H,17,20)(H,18,19)/b13-8-. The highest BCUT2D eigenvalue weighted by atomic mass is 16.5. The summed E-state index contributed by atoms with van der Waals surface area (Å²) in [6.45, 7) is 4.89. The number of nitriles is 1. The Kier molecular flexibility index (Phi) is 6.92. The van der Waals surface area contributed by atoms with Gasteiger partial charge in [-0.15, -0.1) is 0 Å². The van der Waals surface area contributed by atoms with Crippen molar-refractivity contribution in [3.8, 4) is 6.07 Å². The smallest absolute Gasteiger partial charge is 0.261 e. The van der Waals surface area contributed by atoms with Gasteiger partial charge in [-0.1, -0.05) is 0 Å². The van der Waals surface area contributed by atoms with Gasteiger partial charge in [0.15, 0.2) is 0 Å². The first kappa shape index (κ1) is 16.7. The molecule has 6 heteroatoms. The number of nitrogens with one attached hydrogen (secondary N) is 2. The highest BCUT2D eigenvalue weighted by Crippen LogP contribution is 2.03. The van der Waals surface area contributed by atoms with Gasteiger partial charge >= 0.3 is 0 Å². The number of carbonyl (C=O) groups is 1. The first-order valence-corrected chi connectivity index (χ1v) is 6.73. The summed E-state index contributed by atoms with van der Waals surface area (Å²) in [4.78, 5) is 25.2. The van der Waals surface area contributed by atoms with Gasteiger partial charge in [-0.25, -0.2) is 0 Å². The Morgan fingerprint density at radius 1 is 1.52 bits per heavy atom. The van der Waals surface area contributed by atoms with E-state index < -0.39 is 5.91 Å². The van der Waals surface area contributed by atoms with Crippen molar-refractivity contribution in [2.45, 2.75) is 26.4 Å². The number of ether oxygens (including phenoxy) is 1. The second-order valence-corrected chi connectivity index (χ2v) is 4.69. The Balaban J connectivity index is 2.52. The summed E-state index contributed by atoms with van der Waals surface area (Å²) >= 11 is 0. The second-order valence-electron chi connectivity index (χ2n) is 4.69. The highest BCUT2D eigenvalue weighted by molar-refractivity contribution is 6.01. The van der Waals surface area contributed by atoms with Crippen molar-refractivity contribution in [2.75, 3.05) is 13.2 Å². The van der Waals surface area contributed by atoms with Crippen molar-refractivity contribution in [2.24, 2.45) is 0 Å². The van der Waals surface area contributed by atoms with Crippen LogP contribution in [0, 0.1) is 11.3 Å². The molecule has 0 saturated carbocycles. The van der Waals surface area contributed by atoms with E-state index >= 15 is 0 Å². The lowest BCUT2D eigenvalue weighted by Crippen LogP contribution is -2.26. The minimum atomic E-state index is -0.437. The monoisotopic (exact) mass is 289 g/mol. The maximum atomic E-state index is 11.8. The minimum Gasteiger partial charge on any atom is -0.379 e. The Bertz CT molecular complexity index is 576. The molecule has 112 valence electrons. The van der Waals surface area contributed by atoms with E-state index in [9.17, 15) is 9.59 Å². The lowest BCUT2D eigenvalue weighted by molar-refractivity contribution is -0.117. The predicted octanol–water partition coefficient (Wildman–Crippen LogP) is 1.21. The lowest BCUT2D eigenvalue weighted by atomic mass is 10.1. The van der Waals surface area contributed by atoms with Gasteiger partial charge in [-0.05, 0) is 38.0 Å². The van der Waals surface area contributed by atoms with Gasteiger partial charge in [0.1, 0.15) is 11.6 Å². The molecule has 0 aliphatic rings. The molecule has 0 radical (unpaired) electrons. The van der Waals surface area contributed by atoms with Crippen LogP contribution in [-0.4, -0.2) is 30.1 Å². The molecule has 1 aromatic rings. The molecule has 0 atom stereocenters. The summed E-state index contributed by atoms with van der Waals surface area (Å²) in [5.41, 5.74) is 0.344. The van der Waals surface area contributed by atoms with Crippen LogP contribution < -0.4 is 10.9 Å². The number of carbonyl (C=O) groups excluding carboxylic acids is 1. The zero-order valence-electron chi connectivity index (χ0n) is 12.2. The fraction of sp³-hybridized carbons (Fsp3) is 0.400. The molecule has 0 spiro atoms. The normalized spacial score (nSPS) is 11.2. The Morgan fingerprint density at radius 2 is 2.29 bits per heavy atom. The van der Waals surface area contributed by atoms with Crippen molar-refractivity contribution >= 4 is 12.0 Å². The zero-order valence-corrected chi connectivity index (χ0v) is 12.2. The molecule has 0 aliphatic heterocycles. The topological polar surface area (TPSA) is 95.0 Å². The van der Waals surface area contributed by atoms with Crippen molar-refractivity contribution < 1.29 is 9.53 Å². The van der Waals surface area contributed by atoms with Gasteiger partial charge in [0.25, 0.3) is 5.91 Å². The number of H-pyrrole nitrogens is 1. The molecule has 1 heterocycles. The maximum Gasteiger partial charge on any atom is 0.261 e. The third-order valence-electron chi connectivity index (χ3n) is 2.54. The van der Waals surface area contributed by atoms with Gasteiger partial charge < -0.3 is 15.0 Å². The fourth-order valence-corrected chi connectivity index (χ4v) is 1.52. The van der Waals surface area contributed by atoms with Crippen LogP contribution in [0.15, 0.2) is 28.7 Å². The van der Waals surface area contributed by atoms with Crippen LogP contribution in [0.3, 0.4) is 0 Å². The summed E-state index contributed by atoms with van der Waals surface area (Å²) in [6, 6.07) is 4.73. The first-order chi connectivity index (χ1) is 10.0. The highest BCUT2D eigenvalue weighted by Gasteiger charge is 2.08. The molecule has 0 fully saturated rings. The molecule has 0 aromatic carbocycles. The molecule has 0 aliphatic carbocycles. The summed E-state index contributed by atoms with van der Waals surface area (Å²) in [5.74, 6) is -0.437. The zero-order chi connectivity index (χ0) is 15.7. The van der Waals surface area contributed by atoms with Crippen molar-refractivity contribution in [3.63, 3.8) is 0 Å². The number of amides is 1. The van der Waals surface area contributed by atoms with Gasteiger partial charge in [-0.3, -0.25) is 9.59 Å². The Morgan fingerprint density at radius 3 is 2.86 bits per heavy atom. The van der Waals surface area contributed by atoms with E-state index in [4.69, 9.17) is 10.00 Å². The van der Waals surface area contributed by atoms with E-state index in [1.807, 2.05) is 19.9 Å². The molecule has 21 heavy (non-hydrogen) atoms. The third kappa shape index (κ3) is 6.54. The van der Waals surface area contributed by atoms with Gasteiger partial charge in [0.05, 0.1) is 6.10 Å².